The lowest BCUT2D eigenvalue weighted by Gasteiger charge is -2.11. The van der Waals surface area contributed by atoms with Gasteiger partial charge in [-0.15, -0.1) is 12.4 Å². The minimum absolute atomic E-state index is 0. The topological polar surface area (TPSA) is 96.5 Å². The molecule has 1 aromatic rings. The second-order valence-corrected chi connectivity index (χ2v) is 6.17. The number of hydrogen-bond acceptors (Lipinski definition) is 5. The van der Waals surface area contributed by atoms with Crippen LogP contribution in [0.4, 0.5) is 5.69 Å². The highest BCUT2D eigenvalue weighted by Crippen LogP contribution is 2.15. The van der Waals surface area contributed by atoms with E-state index in [1.807, 2.05) is 0 Å². The summed E-state index contributed by atoms with van der Waals surface area (Å²) in [4.78, 5) is 12.0. The molecule has 1 amide bonds. The van der Waals surface area contributed by atoms with E-state index in [0.717, 1.165) is 6.26 Å². The van der Waals surface area contributed by atoms with Crippen LogP contribution in [0.25, 0.3) is 0 Å². The Hall–Kier alpha value is -1.35. The molecule has 1 aromatic carbocycles. The average molecular weight is 352 g/mol. The van der Waals surface area contributed by atoms with Gasteiger partial charge in [-0.1, -0.05) is 12.1 Å². The average Bonchev–Trinajstić information content (AvgIpc) is 2.41. The fourth-order valence-electron chi connectivity index (χ4n) is 1.63. The number of methoxy groups -OCH3 is 1. The number of rotatable bonds is 9. The third kappa shape index (κ3) is 8.18. The Morgan fingerprint density at radius 1 is 1.18 bits per heavy atom. The smallest absolute Gasteiger partial charge is 0.253 e. The van der Waals surface area contributed by atoms with Crippen LogP contribution in [0.3, 0.4) is 0 Å². The molecule has 3 N–H and O–H groups in total. The number of halogens is 1. The zero-order valence-corrected chi connectivity index (χ0v) is 14.2. The molecular weight excluding hydrogens is 330 g/mol. The van der Waals surface area contributed by atoms with Gasteiger partial charge in [0.2, 0.25) is 10.0 Å². The Kier molecular flexibility index (Phi) is 9.75. The standard InChI is InChI=1S/C13H21N3O4S.ClH/c1-20-10-9-14-7-8-15-13(17)11-5-3-4-6-12(11)16-21(2,18)19;/h3-6,14,16H,7-10H2,1-2H3,(H,15,17);1H. The van der Waals surface area contributed by atoms with Crippen LogP contribution in [-0.2, 0) is 14.8 Å². The fraction of sp³-hybridized carbons (Fsp3) is 0.462. The molecule has 0 aliphatic heterocycles. The largest absolute Gasteiger partial charge is 0.383 e. The molecular formula is C13H22ClN3O4S. The Labute approximate surface area is 137 Å². The highest BCUT2D eigenvalue weighted by Gasteiger charge is 2.12. The first-order valence-corrected chi connectivity index (χ1v) is 8.38. The second-order valence-electron chi connectivity index (χ2n) is 4.42. The number of carbonyl (C=O) groups excluding carboxylic acids is 1. The molecule has 0 unspecified atom stereocenters. The minimum Gasteiger partial charge on any atom is -0.383 e. The summed E-state index contributed by atoms with van der Waals surface area (Å²) >= 11 is 0. The van der Waals surface area contributed by atoms with Crippen molar-refractivity contribution >= 4 is 34.0 Å². The van der Waals surface area contributed by atoms with Gasteiger partial charge in [-0.2, -0.15) is 0 Å². The number of ether oxygens (including phenoxy) is 1. The van der Waals surface area contributed by atoms with Gasteiger partial charge in [0.25, 0.3) is 5.91 Å². The first kappa shape index (κ1) is 20.6. The van der Waals surface area contributed by atoms with Gasteiger partial charge in [-0.3, -0.25) is 9.52 Å². The van der Waals surface area contributed by atoms with Crippen LogP contribution in [0, 0.1) is 0 Å². The van der Waals surface area contributed by atoms with E-state index in [9.17, 15) is 13.2 Å². The Balaban J connectivity index is 0.00000441. The molecule has 126 valence electrons. The third-order valence-corrected chi connectivity index (χ3v) is 3.13. The molecule has 1 rings (SSSR count). The van der Waals surface area contributed by atoms with E-state index >= 15 is 0 Å². The second kappa shape index (κ2) is 10.4. The van der Waals surface area contributed by atoms with Crippen LogP contribution in [0.5, 0.6) is 0 Å². The molecule has 0 saturated carbocycles. The van der Waals surface area contributed by atoms with E-state index in [1.54, 1.807) is 31.4 Å². The molecule has 0 bridgehead atoms. The van der Waals surface area contributed by atoms with Gasteiger partial charge in [0.15, 0.2) is 0 Å². The van der Waals surface area contributed by atoms with Crippen molar-refractivity contribution in [2.24, 2.45) is 0 Å². The summed E-state index contributed by atoms with van der Waals surface area (Å²) in [6.07, 6.45) is 1.04. The molecule has 0 radical (unpaired) electrons. The number of nitrogens with one attached hydrogen (secondary N) is 3. The highest BCUT2D eigenvalue weighted by atomic mass is 35.5. The van der Waals surface area contributed by atoms with Gasteiger partial charge >= 0.3 is 0 Å². The van der Waals surface area contributed by atoms with Crippen molar-refractivity contribution < 1.29 is 17.9 Å². The van der Waals surface area contributed by atoms with Gasteiger partial charge in [0, 0.05) is 26.7 Å². The molecule has 9 heteroatoms. The van der Waals surface area contributed by atoms with Crippen molar-refractivity contribution in [3.63, 3.8) is 0 Å². The van der Waals surface area contributed by atoms with Crippen LogP contribution < -0.4 is 15.4 Å². The summed E-state index contributed by atoms with van der Waals surface area (Å²) < 4.78 is 29.8. The van der Waals surface area contributed by atoms with Crippen molar-refractivity contribution in [2.75, 3.05) is 44.3 Å². The van der Waals surface area contributed by atoms with Crippen molar-refractivity contribution in [3.8, 4) is 0 Å². The molecule has 0 heterocycles. The Morgan fingerprint density at radius 2 is 1.86 bits per heavy atom. The number of carbonyl (C=O) groups is 1. The molecule has 0 saturated heterocycles. The summed E-state index contributed by atoms with van der Waals surface area (Å²) in [5, 5.41) is 5.82. The summed E-state index contributed by atoms with van der Waals surface area (Å²) in [5.74, 6) is -0.324. The first-order valence-electron chi connectivity index (χ1n) is 6.48. The number of sulfonamides is 1. The predicted molar refractivity (Wildman–Crippen MR) is 89.2 cm³/mol. The first-order chi connectivity index (χ1) is 9.94. The monoisotopic (exact) mass is 351 g/mol. The number of hydrogen-bond donors (Lipinski definition) is 3. The molecule has 22 heavy (non-hydrogen) atoms. The lowest BCUT2D eigenvalue weighted by atomic mass is 10.1. The van der Waals surface area contributed by atoms with Crippen molar-refractivity contribution in [2.45, 2.75) is 0 Å². The SMILES string of the molecule is COCCNCCNC(=O)c1ccccc1NS(C)(=O)=O.Cl. The molecule has 0 aliphatic carbocycles. The molecule has 0 fully saturated rings. The van der Waals surface area contributed by atoms with Crippen molar-refractivity contribution in [1.82, 2.24) is 10.6 Å². The van der Waals surface area contributed by atoms with Crippen LogP contribution in [-0.4, -0.2) is 53.9 Å². The van der Waals surface area contributed by atoms with Crippen molar-refractivity contribution in [3.05, 3.63) is 29.8 Å². The molecule has 0 spiro atoms. The lowest BCUT2D eigenvalue weighted by Crippen LogP contribution is -2.33. The number of amides is 1. The van der Waals surface area contributed by atoms with Gasteiger partial charge in [0.05, 0.1) is 24.1 Å². The quantitative estimate of drug-likeness (QED) is 0.561. The summed E-state index contributed by atoms with van der Waals surface area (Å²) in [7, 11) is -1.80. The van der Waals surface area contributed by atoms with E-state index in [-0.39, 0.29) is 24.0 Å². The minimum atomic E-state index is -3.42. The van der Waals surface area contributed by atoms with Crippen LogP contribution in [0.1, 0.15) is 10.4 Å². The van der Waals surface area contributed by atoms with Crippen LogP contribution in [0.15, 0.2) is 24.3 Å². The number of para-hydroxylation sites is 1. The normalized spacial score (nSPS) is 10.6. The summed E-state index contributed by atoms with van der Waals surface area (Å²) in [6.45, 7) is 2.36. The Morgan fingerprint density at radius 3 is 2.50 bits per heavy atom. The Bertz CT molecular complexity index is 566. The maximum atomic E-state index is 12.0. The van der Waals surface area contributed by atoms with Gasteiger partial charge in [-0.25, -0.2) is 8.42 Å². The zero-order valence-electron chi connectivity index (χ0n) is 12.6. The van der Waals surface area contributed by atoms with E-state index < -0.39 is 10.0 Å². The van der Waals surface area contributed by atoms with Gasteiger partial charge in [0.1, 0.15) is 0 Å². The van der Waals surface area contributed by atoms with Crippen LogP contribution >= 0.6 is 12.4 Å². The lowest BCUT2D eigenvalue weighted by molar-refractivity contribution is 0.0954. The maximum absolute atomic E-state index is 12.0. The van der Waals surface area contributed by atoms with E-state index in [4.69, 9.17) is 4.74 Å². The molecule has 7 nitrogen and oxygen atoms in total. The van der Waals surface area contributed by atoms with E-state index in [1.165, 1.54) is 0 Å². The van der Waals surface area contributed by atoms with Gasteiger partial charge < -0.3 is 15.4 Å². The van der Waals surface area contributed by atoms with Crippen molar-refractivity contribution in [1.29, 1.82) is 0 Å². The van der Waals surface area contributed by atoms with E-state index in [2.05, 4.69) is 15.4 Å². The summed E-state index contributed by atoms with van der Waals surface area (Å²) in [5.41, 5.74) is 0.560. The molecule has 0 aliphatic rings. The maximum Gasteiger partial charge on any atom is 0.253 e. The fourth-order valence-corrected chi connectivity index (χ4v) is 2.21. The highest BCUT2D eigenvalue weighted by molar-refractivity contribution is 7.92. The zero-order chi connectivity index (χ0) is 15.7. The molecule has 0 aromatic heterocycles. The van der Waals surface area contributed by atoms with Gasteiger partial charge in [-0.05, 0) is 12.1 Å². The molecule has 0 atom stereocenters. The van der Waals surface area contributed by atoms with Crippen LogP contribution in [0.2, 0.25) is 0 Å². The third-order valence-electron chi connectivity index (χ3n) is 2.54. The number of benzene rings is 1. The predicted octanol–water partition coefficient (Wildman–Crippen LogP) is 0.446. The summed E-state index contributed by atoms with van der Waals surface area (Å²) in [6, 6.07) is 6.46. The van der Waals surface area contributed by atoms with E-state index in [0.29, 0.717) is 31.8 Å². The number of anilines is 1.